The molecule has 0 unspecified atom stereocenters. The number of hydrogen-bond donors (Lipinski definition) is 2. The normalized spacial score (nSPS) is 19.0. The Morgan fingerprint density at radius 3 is 2.38 bits per heavy atom. The highest BCUT2D eigenvalue weighted by molar-refractivity contribution is 6.33. The summed E-state index contributed by atoms with van der Waals surface area (Å²) < 4.78 is 5.82. The summed E-state index contributed by atoms with van der Waals surface area (Å²) >= 11 is 6.51. The number of aliphatic hydroxyl groups is 1. The van der Waals surface area contributed by atoms with E-state index in [1.54, 1.807) is 0 Å². The van der Waals surface area contributed by atoms with Gasteiger partial charge in [-0.2, -0.15) is 4.98 Å². The van der Waals surface area contributed by atoms with Gasteiger partial charge in [0.15, 0.2) is 5.65 Å². The van der Waals surface area contributed by atoms with Gasteiger partial charge in [0.2, 0.25) is 0 Å². The van der Waals surface area contributed by atoms with Crippen molar-refractivity contribution in [1.29, 1.82) is 0 Å². The molecular weight excluding hydrogens is 386 g/mol. The zero-order valence-corrected chi connectivity index (χ0v) is 16.4. The fourth-order valence-corrected chi connectivity index (χ4v) is 4.05. The van der Waals surface area contributed by atoms with Crippen LogP contribution in [0, 0.1) is 0 Å². The minimum atomic E-state index is -0.446. The number of halogens is 1. The average Bonchev–Trinajstić information content (AvgIpc) is 3.33. The van der Waals surface area contributed by atoms with Gasteiger partial charge in [0, 0.05) is 5.56 Å². The second-order valence-corrected chi connectivity index (χ2v) is 7.74. The number of fused-ring (bicyclic) bond motifs is 1. The maximum atomic E-state index is 9.96. The molecule has 5 rings (SSSR count). The molecule has 1 fully saturated rings. The predicted molar refractivity (Wildman–Crippen MR) is 114 cm³/mol. The Balaban J connectivity index is 1.44. The summed E-state index contributed by atoms with van der Waals surface area (Å²) in [7, 11) is 0. The molecule has 29 heavy (non-hydrogen) atoms. The summed E-state index contributed by atoms with van der Waals surface area (Å²) in [5.41, 5.74) is 5.15. The first-order valence-electron chi connectivity index (χ1n) is 9.74. The van der Waals surface area contributed by atoms with Gasteiger partial charge in [-0.25, -0.2) is 4.98 Å². The highest BCUT2D eigenvalue weighted by Crippen LogP contribution is 2.32. The topological polar surface area (TPSA) is 71.0 Å². The number of imidazole rings is 1. The molecule has 0 radical (unpaired) electrons. The summed E-state index contributed by atoms with van der Waals surface area (Å²) in [6, 6.07) is 20.6. The van der Waals surface area contributed by atoms with E-state index in [2.05, 4.69) is 39.2 Å². The molecule has 1 aliphatic carbocycles. The molecule has 2 heterocycles. The monoisotopic (exact) mass is 405 g/mol. The molecule has 2 N–H and O–H groups in total. The fourth-order valence-electron chi connectivity index (χ4n) is 3.79. The predicted octanol–water partition coefficient (Wildman–Crippen LogP) is 5.24. The van der Waals surface area contributed by atoms with Gasteiger partial charge >= 0.3 is 0 Å². The van der Waals surface area contributed by atoms with Crippen LogP contribution in [-0.4, -0.2) is 32.3 Å². The Labute approximate surface area is 173 Å². The number of rotatable bonds is 4. The summed E-state index contributed by atoms with van der Waals surface area (Å²) in [4.78, 5) is 12.2. The van der Waals surface area contributed by atoms with E-state index in [1.165, 1.54) is 0 Å². The van der Waals surface area contributed by atoms with E-state index in [-0.39, 0.29) is 6.10 Å². The number of pyridine rings is 1. The Morgan fingerprint density at radius 2 is 1.66 bits per heavy atom. The van der Waals surface area contributed by atoms with Gasteiger partial charge in [0.1, 0.15) is 6.10 Å². The van der Waals surface area contributed by atoms with Crippen molar-refractivity contribution in [2.24, 2.45) is 0 Å². The SMILES string of the molecule is O[C@H]1CCC[C@H]1Oc1nc2nc(-c3ccc(-c4ccccc4)cc3)c(Cl)cc2[nH]1. The van der Waals surface area contributed by atoms with E-state index in [1.807, 2.05) is 36.4 Å². The lowest BCUT2D eigenvalue weighted by molar-refractivity contribution is 0.0549. The third-order valence-electron chi connectivity index (χ3n) is 5.35. The fraction of sp³-hybridized carbons (Fsp3) is 0.217. The van der Waals surface area contributed by atoms with E-state index >= 15 is 0 Å². The minimum Gasteiger partial charge on any atom is -0.459 e. The number of aliphatic hydroxyl groups excluding tert-OH is 1. The molecule has 6 heteroatoms. The summed E-state index contributed by atoms with van der Waals surface area (Å²) in [6.07, 6.45) is 1.87. The first-order valence-corrected chi connectivity index (χ1v) is 10.1. The van der Waals surface area contributed by atoms with Crippen LogP contribution in [0.15, 0.2) is 60.7 Å². The van der Waals surface area contributed by atoms with Crippen molar-refractivity contribution in [3.05, 3.63) is 65.7 Å². The Bertz CT molecular complexity index is 1140. The lowest BCUT2D eigenvalue weighted by Gasteiger charge is -2.14. The van der Waals surface area contributed by atoms with Crippen LogP contribution in [0.3, 0.4) is 0 Å². The Kier molecular flexibility index (Phi) is 4.70. The minimum absolute atomic E-state index is 0.226. The first kappa shape index (κ1) is 18.2. The summed E-state index contributed by atoms with van der Waals surface area (Å²) in [5, 5.41) is 10.5. The van der Waals surface area contributed by atoms with Gasteiger partial charge in [-0.15, -0.1) is 0 Å². The average molecular weight is 406 g/mol. The molecule has 1 saturated carbocycles. The molecule has 2 aromatic carbocycles. The molecule has 1 aliphatic rings. The number of aromatic amines is 1. The van der Waals surface area contributed by atoms with Crippen molar-refractivity contribution in [3.8, 4) is 28.4 Å². The number of hydrogen-bond acceptors (Lipinski definition) is 4. The highest BCUT2D eigenvalue weighted by atomic mass is 35.5. The standard InChI is InChI=1S/C23H20ClN3O2/c24-17-13-18-22(27-23(25-18)29-20-8-4-7-19(20)28)26-21(17)16-11-9-15(10-12-16)14-5-2-1-3-6-14/h1-3,5-6,9-13,19-20,28H,4,7-8H2,(H,25,26,27)/t19-,20+/m0/s1. The molecule has 0 bridgehead atoms. The summed E-state index contributed by atoms with van der Waals surface area (Å²) in [5.74, 6) is 0. The van der Waals surface area contributed by atoms with Gasteiger partial charge in [-0.05, 0) is 36.5 Å². The Hall–Kier alpha value is -2.89. The second kappa shape index (κ2) is 7.50. The molecule has 5 nitrogen and oxygen atoms in total. The molecule has 0 amide bonds. The molecule has 2 atom stereocenters. The molecule has 4 aromatic rings. The molecule has 0 aliphatic heterocycles. The van der Waals surface area contributed by atoms with E-state index < -0.39 is 6.10 Å². The van der Waals surface area contributed by atoms with Crippen molar-refractivity contribution in [2.75, 3.05) is 0 Å². The van der Waals surface area contributed by atoms with E-state index in [0.717, 1.165) is 36.0 Å². The van der Waals surface area contributed by atoms with Gasteiger partial charge < -0.3 is 14.8 Å². The number of nitrogens with one attached hydrogen (secondary N) is 1. The van der Waals surface area contributed by atoms with Crippen LogP contribution in [0.5, 0.6) is 6.01 Å². The molecule has 0 spiro atoms. The van der Waals surface area contributed by atoms with Crippen LogP contribution in [0.2, 0.25) is 5.02 Å². The van der Waals surface area contributed by atoms with Crippen molar-refractivity contribution in [1.82, 2.24) is 15.0 Å². The summed E-state index contributed by atoms with van der Waals surface area (Å²) in [6.45, 7) is 0. The van der Waals surface area contributed by atoms with Gasteiger partial charge in [-0.3, -0.25) is 0 Å². The number of benzene rings is 2. The second-order valence-electron chi connectivity index (χ2n) is 7.33. The first-order chi connectivity index (χ1) is 14.2. The van der Waals surface area contributed by atoms with Crippen LogP contribution in [0.25, 0.3) is 33.5 Å². The zero-order valence-electron chi connectivity index (χ0n) is 15.7. The van der Waals surface area contributed by atoms with Gasteiger partial charge in [0.25, 0.3) is 6.01 Å². The van der Waals surface area contributed by atoms with Crippen LogP contribution in [0.4, 0.5) is 0 Å². The molecule has 0 saturated heterocycles. The van der Waals surface area contributed by atoms with Crippen molar-refractivity contribution >= 4 is 22.8 Å². The number of ether oxygens (including phenoxy) is 1. The van der Waals surface area contributed by atoms with E-state index in [0.29, 0.717) is 27.9 Å². The van der Waals surface area contributed by atoms with Crippen LogP contribution in [-0.2, 0) is 0 Å². The lowest BCUT2D eigenvalue weighted by atomic mass is 10.0. The van der Waals surface area contributed by atoms with Crippen LogP contribution < -0.4 is 4.74 Å². The van der Waals surface area contributed by atoms with Crippen LogP contribution in [0.1, 0.15) is 19.3 Å². The maximum Gasteiger partial charge on any atom is 0.296 e. The van der Waals surface area contributed by atoms with Crippen molar-refractivity contribution in [3.63, 3.8) is 0 Å². The molecule has 2 aromatic heterocycles. The largest absolute Gasteiger partial charge is 0.459 e. The molecule has 146 valence electrons. The number of H-pyrrole nitrogens is 1. The van der Waals surface area contributed by atoms with Gasteiger partial charge in [-0.1, -0.05) is 66.2 Å². The van der Waals surface area contributed by atoms with E-state index in [9.17, 15) is 5.11 Å². The number of aromatic nitrogens is 3. The van der Waals surface area contributed by atoms with E-state index in [4.69, 9.17) is 16.3 Å². The lowest BCUT2D eigenvalue weighted by Crippen LogP contribution is -2.26. The van der Waals surface area contributed by atoms with Crippen molar-refractivity contribution in [2.45, 2.75) is 31.5 Å². The Morgan fingerprint density at radius 1 is 0.931 bits per heavy atom. The van der Waals surface area contributed by atoms with Crippen molar-refractivity contribution < 1.29 is 9.84 Å². The molecular formula is C23H20ClN3O2. The van der Waals surface area contributed by atoms with Crippen LogP contribution >= 0.6 is 11.6 Å². The smallest absolute Gasteiger partial charge is 0.296 e. The zero-order chi connectivity index (χ0) is 19.8. The third kappa shape index (κ3) is 3.59. The third-order valence-corrected chi connectivity index (χ3v) is 5.64. The number of nitrogens with zero attached hydrogens (tertiary/aromatic N) is 2. The van der Waals surface area contributed by atoms with Gasteiger partial charge in [0.05, 0.1) is 22.3 Å². The quantitative estimate of drug-likeness (QED) is 0.487. The maximum absolute atomic E-state index is 9.96. The highest BCUT2D eigenvalue weighted by Gasteiger charge is 2.28.